The molecule has 2 aromatic carbocycles. The molecule has 4 nitrogen and oxygen atoms in total. The number of carbonyl (C=O) groups is 1. The van der Waals surface area contributed by atoms with Crippen molar-refractivity contribution >= 4 is 22.7 Å². The fourth-order valence-electron chi connectivity index (χ4n) is 3.34. The zero-order chi connectivity index (χ0) is 21.5. The number of aryl methyl sites for hydroxylation is 2. The number of alkyl halides is 3. The van der Waals surface area contributed by atoms with E-state index in [1.54, 1.807) is 17.6 Å². The number of hydrogen-bond acceptors (Lipinski definition) is 2. The molecule has 0 aliphatic heterocycles. The molecule has 0 unspecified atom stereocenters. The summed E-state index contributed by atoms with van der Waals surface area (Å²) in [6.45, 7) is 3.99. The van der Waals surface area contributed by atoms with Crippen LogP contribution < -0.4 is 5.32 Å². The van der Waals surface area contributed by atoms with E-state index in [9.17, 15) is 18.0 Å². The van der Waals surface area contributed by atoms with Crippen LogP contribution in [0.15, 0.2) is 65.1 Å². The van der Waals surface area contributed by atoms with E-state index in [2.05, 4.69) is 5.32 Å². The molecule has 0 radical (unpaired) electrons. The van der Waals surface area contributed by atoms with Crippen LogP contribution in [0.2, 0.25) is 0 Å². The Morgan fingerprint density at radius 1 is 1.00 bits per heavy atom. The summed E-state index contributed by atoms with van der Waals surface area (Å²) in [6.07, 6.45) is -4.39. The van der Waals surface area contributed by atoms with Crippen LogP contribution in [0, 0.1) is 13.8 Å². The summed E-state index contributed by atoms with van der Waals surface area (Å²) in [6, 6.07) is 15.8. The highest BCUT2D eigenvalue weighted by Gasteiger charge is 2.30. The number of amides is 1. The molecule has 4 rings (SSSR count). The maximum absolute atomic E-state index is 12.9. The number of fused-ring (bicyclic) bond motifs is 1. The summed E-state index contributed by atoms with van der Waals surface area (Å²) in [5.41, 5.74) is 3.29. The number of hydrogen-bond donors (Lipinski definition) is 1. The van der Waals surface area contributed by atoms with Gasteiger partial charge in [0.15, 0.2) is 5.58 Å². The molecule has 0 saturated heterocycles. The zero-order valence-corrected chi connectivity index (χ0v) is 16.4. The molecule has 0 bridgehead atoms. The Hall–Kier alpha value is -3.48. The topological polar surface area (TPSA) is 47.2 Å². The number of anilines is 1. The van der Waals surface area contributed by atoms with Gasteiger partial charge in [0.05, 0.1) is 11.1 Å². The normalized spacial score (nSPS) is 11.8. The van der Waals surface area contributed by atoms with Crippen LogP contribution in [-0.2, 0) is 12.7 Å². The fraction of sp³-hybridized carbons (Fsp3) is 0.174. The van der Waals surface area contributed by atoms with E-state index in [-0.39, 0.29) is 12.5 Å². The molecule has 30 heavy (non-hydrogen) atoms. The molecule has 0 spiro atoms. The van der Waals surface area contributed by atoms with E-state index >= 15 is 0 Å². The predicted octanol–water partition coefficient (Wildman–Crippen LogP) is 6.17. The maximum atomic E-state index is 12.9. The first-order chi connectivity index (χ1) is 14.2. The van der Waals surface area contributed by atoms with Crippen molar-refractivity contribution < 1.29 is 22.4 Å². The molecule has 0 aliphatic carbocycles. The summed E-state index contributed by atoms with van der Waals surface area (Å²) < 4.78 is 45.9. The van der Waals surface area contributed by atoms with Crippen molar-refractivity contribution in [2.45, 2.75) is 26.6 Å². The Balaban J connectivity index is 1.67. The SMILES string of the molecule is Cc1ccc(NC(=O)c2cc3oc(C)cc3n2Cc2ccc(C(F)(F)F)cc2)cc1. The molecule has 2 heterocycles. The van der Waals surface area contributed by atoms with Gasteiger partial charge in [-0.1, -0.05) is 29.8 Å². The summed E-state index contributed by atoms with van der Waals surface area (Å²) >= 11 is 0. The lowest BCUT2D eigenvalue weighted by Crippen LogP contribution is -2.17. The summed E-state index contributed by atoms with van der Waals surface area (Å²) in [4.78, 5) is 12.9. The Bertz CT molecular complexity index is 1200. The fourth-order valence-corrected chi connectivity index (χ4v) is 3.34. The lowest BCUT2D eigenvalue weighted by molar-refractivity contribution is -0.137. The van der Waals surface area contributed by atoms with Gasteiger partial charge in [0.2, 0.25) is 0 Å². The predicted molar refractivity (Wildman–Crippen MR) is 109 cm³/mol. The molecule has 154 valence electrons. The highest BCUT2D eigenvalue weighted by molar-refractivity contribution is 6.05. The zero-order valence-electron chi connectivity index (χ0n) is 16.4. The number of rotatable bonds is 4. The van der Waals surface area contributed by atoms with Gasteiger partial charge >= 0.3 is 6.18 Å². The molecule has 1 amide bonds. The smallest absolute Gasteiger partial charge is 0.416 e. The summed E-state index contributed by atoms with van der Waals surface area (Å²) in [5, 5.41) is 2.86. The average Bonchev–Trinajstić information content (AvgIpc) is 3.20. The van der Waals surface area contributed by atoms with Crippen LogP contribution in [0.5, 0.6) is 0 Å². The van der Waals surface area contributed by atoms with E-state index in [1.807, 2.05) is 37.3 Å². The minimum atomic E-state index is -4.39. The van der Waals surface area contributed by atoms with Gasteiger partial charge in [-0.3, -0.25) is 4.79 Å². The Kier molecular flexibility index (Phi) is 4.89. The second-order valence-electron chi connectivity index (χ2n) is 7.24. The van der Waals surface area contributed by atoms with Crippen molar-refractivity contribution in [1.29, 1.82) is 0 Å². The molecule has 7 heteroatoms. The van der Waals surface area contributed by atoms with Gasteiger partial charge < -0.3 is 14.3 Å². The van der Waals surface area contributed by atoms with E-state index < -0.39 is 11.7 Å². The molecule has 0 aliphatic rings. The van der Waals surface area contributed by atoms with Gasteiger partial charge in [-0.2, -0.15) is 13.2 Å². The van der Waals surface area contributed by atoms with E-state index in [0.29, 0.717) is 33.8 Å². The minimum absolute atomic E-state index is 0.233. The third-order valence-electron chi connectivity index (χ3n) is 4.88. The number of nitrogens with zero attached hydrogens (tertiary/aromatic N) is 1. The van der Waals surface area contributed by atoms with Gasteiger partial charge in [-0.05, 0) is 43.7 Å². The molecule has 2 aromatic heterocycles. The molecule has 4 aromatic rings. The monoisotopic (exact) mass is 412 g/mol. The molecule has 0 atom stereocenters. The van der Waals surface area contributed by atoms with Crippen molar-refractivity contribution in [2.24, 2.45) is 0 Å². The summed E-state index contributed by atoms with van der Waals surface area (Å²) in [5.74, 6) is 0.362. The highest BCUT2D eigenvalue weighted by atomic mass is 19.4. The third-order valence-corrected chi connectivity index (χ3v) is 4.88. The van der Waals surface area contributed by atoms with E-state index in [4.69, 9.17) is 4.42 Å². The number of benzene rings is 2. The average molecular weight is 412 g/mol. The van der Waals surface area contributed by atoms with Gasteiger partial charge in [-0.15, -0.1) is 0 Å². The van der Waals surface area contributed by atoms with Crippen molar-refractivity contribution in [3.63, 3.8) is 0 Å². The lowest BCUT2D eigenvalue weighted by atomic mass is 10.1. The molecular formula is C23H19F3N2O2. The quantitative estimate of drug-likeness (QED) is 0.436. The van der Waals surface area contributed by atoms with Gasteiger partial charge in [0, 0.05) is 24.4 Å². The molecular weight excluding hydrogens is 393 g/mol. The Morgan fingerprint density at radius 2 is 1.67 bits per heavy atom. The second kappa shape index (κ2) is 7.40. The van der Waals surface area contributed by atoms with Crippen molar-refractivity contribution in [2.75, 3.05) is 5.32 Å². The molecule has 0 fully saturated rings. The standard InChI is InChI=1S/C23H19F3N2O2/c1-14-3-9-18(10-4-14)27-22(29)20-12-21-19(11-15(2)30-21)28(20)13-16-5-7-17(8-6-16)23(24,25)26/h3-12H,13H2,1-2H3,(H,27,29). The number of nitrogens with one attached hydrogen (secondary N) is 1. The summed E-state index contributed by atoms with van der Waals surface area (Å²) in [7, 11) is 0. The Morgan fingerprint density at radius 3 is 2.30 bits per heavy atom. The van der Waals surface area contributed by atoms with Crippen molar-refractivity contribution in [1.82, 2.24) is 4.57 Å². The van der Waals surface area contributed by atoms with Crippen LogP contribution in [0.3, 0.4) is 0 Å². The van der Waals surface area contributed by atoms with Crippen molar-refractivity contribution in [3.05, 3.63) is 88.8 Å². The largest absolute Gasteiger partial charge is 0.460 e. The van der Waals surface area contributed by atoms with Crippen molar-refractivity contribution in [3.8, 4) is 0 Å². The Labute approximate surface area is 170 Å². The lowest BCUT2D eigenvalue weighted by Gasteiger charge is -2.12. The van der Waals surface area contributed by atoms with Crippen LogP contribution in [-0.4, -0.2) is 10.5 Å². The second-order valence-corrected chi connectivity index (χ2v) is 7.24. The van der Waals surface area contributed by atoms with Gasteiger partial charge in [0.25, 0.3) is 5.91 Å². The van der Waals surface area contributed by atoms with Crippen LogP contribution >= 0.6 is 0 Å². The van der Waals surface area contributed by atoms with E-state index in [0.717, 1.165) is 17.7 Å². The number of furan rings is 1. The van der Waals surface area contributed by atoms with Gasteiger partial charge in [-0.25, -0.2) is 0 Å². The van der Waals surface area contributed by atoms with Crippen LogP contribution in [0.25, 0.3) is 11.1 Å². The van der Waals surface area contributed by atoms with E-state index in [1.165, 1.54) is 12.1 Å². The number of carbonyl (C=O) groups excluding carboxylic acids is 1. The molecule has 0 saturated carbocycles. The first-order valence-corrected chi connectivity index (χ1v) is 9.34. The van der Waals surface area contributed by atoms with Gasteiger partial charge in [0.1, 0.15) is 11.5 Å². The highest BCUT2D eigenvalue weighted by Crippen LogP contribution is 2.30. The minimum Gasteiger partial charge on any atom is -0.460 e. The molecule has 1 N–H and O–H groups in total. The van der Waals surface area contributed by atoms with Crippen LogP contribution in [0.1, 0.15) is 32.9 Å². The maximum Gasteiger partial charge on any atom is 0.416 e. The number of halogens is 3. The third kappa shape index (κ3) is 3.96. The first-order valence-electron chi connectivity index (χ1n) is 9.34. The number of aromatic nitrogens is 1. The first kappa shape index (κ1) is 19.8. The van der Waals surface area contributed by atoms with Crippen LogP contribution in [0.4, 0.5) is 18.9 Å².